The smallest absolute Gasteiger partial charge is 0.256 e. The van der Waals surface area contributed by atoms with Gasteiger partial charge in [0.05, 0.1) is 13.0 Å². The quantitative estimate of drug-likeness (QED) is 0.734. The molecule has 0 saturated carbocycles. The predicted molar refractivity (Wildman–Crippen MR) is 124 cm³/mol. The summed E-state index contributed by atoms with van der Waals surface area (Å²) in [4.78, 5) is 42.6. The van der Waals surface area contributed by atoms with Crippen molar-refractivity contribution in [3.8, 4) is 0 Å². The van der Waals surface area contributed by atoms with Gasteiger partial charge in [-0.25, -0.2) is 4.39 Å². The third-order valence-corrected chi connectivity index (χ3v) is 6.40. The fourth-order valence-electron chi connectivity index (χ4n) is 4.67. The van der Waals surface area contributed by atoms with E-state index in [-0.39, 0.29) is 35.9 Å². The first-order valence-corrected chi connectivity index (χ1v) is 11.6. The number of nitrogens with zero attached hydrogens (tertiary/aromatic N) is 2. The van der Waals surface area contributed by atoms with Gasteiger partial charge in [-0.05, 0) is 43.7 Å². The van der Waals surface area contributed by atoms with Crippen LogP contribution in [-0.2, 0) is 20.7 Å². The second-order valence-corrected chi connectivity index (χ2v) is 9.16. The number of benzene rings is 2. The van der Waals surface area contributed by atoms with Crippen LogP contribution in [0, 0.1) is 5.82 Å². The molecule has 34 heavy (non-hydrogen) atoms. The minimum atomic E-state index is -0.992. The zero-order chi connectivity index (χ0) is 24.3. The van der Waals surface area contributed by atoms with Crippen molar-refractivity contribution in [2.45, 2.75) is 50.9 Å². The minimum Gasteiger partial charge on any atom is -0.353 e. The molecular weight excluding hydrogens is 437 g/mol. The lowest BCUT2D eigenvalue weighted by Crippen LogP contribution is -2.60. The molecule has 2 fully saturated rings. The van der Waals surface area contributed by atoms with Crippen molar-refractivity contribution >= 4 is 17.7 Å². The number of halogens is 1. The largest absolute Gasteiger partial charge is 0.353 e. The second-order valence-electron chi connectivity index (χ2n) is 9.16. The Morgan fingerprint density at radius 2 is 1.71 bits per heavy atom. The van der Waals surface area contributed by atoms with E-state index in [0.717, 1.165) is 5.56 Å². The summed E-state index contributed by atoms with van der Waals surface area (Å²) in [5, 5.41) is 2.87. The number of likely N-dealkylation sites (tertiary alicyclic amines) is 1. The normalized spacial score (nSPS) is 19.5. The predicted octanol–water partition coefficient (Wildman–Crippen LogP) is 2.75. The van der Waals surface area contributed by atoms with E-state index in [1.807, 2.05) is 44.2 Å². The van der Waals surface area contributed by atoms with Gasteiger partial charge in [-0.15, -0.1) is 0 Å². The third-order valence-electron chi connectivity index (χ3n) is 6.40. The fourth-order valence-corrected chi connectivity index (χ4v) is 4.67. The van der Waals surface area contributed by atoms with Crippen LogP contribution in [0.4, 0.5) is 4.39 Å². The van der Waals surface area contributed by atoms with Crippen molar-refractivity contribution in [3.05, 3.63) is 71.5 Å². The molecule has 7 nitrogen and oxygen atoms in total. The molecule has 2 heterocycles. The summed E-state index contributed by atoms with van der Waals surface area (Å²) >= 11 is 0. The topological polar surface area (TPSA) is 79.0 Å². The van der Waals surface area contributed by atoms with Gasteiger partial charge >= 0.3 is 0 Å². The van der Waals surface area contributed by atoms with E-state index < -0.39 is 17.6 Å². The van der Waals surface area contributed by atoms with Gasteiger partial charge in [0.2, 0.25) is 11.8 Å². The molecular formula is C26H30FN3O4. The highest BCUT2D eigenvalue weighted by Gasteiger charge is 2.54. The minimum absolute atomic E-state index is 0.0181. The fraction of sp³-hybridized carbons (Fsp3) is 0.423. The Hall–Kier alpha value is -3.26. The molecule has 2 aromatic carbocycles. The van der Waals surface area contributed by atoms with Gasteiger partial charge in [-0.3, -0.25) is 19.3 Å². The van der Waals surface area contributed by atoms with Crippen LogP contribution >= 0.6 is 0 Å². The molecule has 8 heteroatoms. The summed E-state index contributed by atoms with van der Waals surface area (Å²) < 4.78 is 19.6. The number of hydrogen-bond acceptors (Lipinski definition) is 4. The van der Waals surface area contributed by atoms with E-state index in [2.05, 4.69) is 5.32 Å². The van der Waals surface area contributed by atoms with Crippen LogP contribution < -0.4 is 5.32 Å². The first-order valence-electron chi connectivity index (χ1n) is 11.6. The Morgan fingerprint density at radius 3 is 2.32 bits per heavy atom. The average molecular weight is 468 g/mol. The van der Waals surface area contributed by atoms with Crippen molar-refractivity contribution in [3.63, 3.8) is 0 Å². The number of carbonyl (C=O) groups is 3. The van der Waals surface area contributed by atoms with Gasteiger partial charge in [0.1, 0.15) is 17.6 Å². The lowest BCUT2D eigenvalue weighted by atomic mass is 9.96. The first kappa shape index (κ1) is 23.9. The molecule has 3 amide bonds. The van der Waals surface area contributed by atoms with Crippen LogP contribution in [0.3, 0.4) is 0 Å². The van der Waals surface area contributed by atoms with Crippen LogP contribution in [0.2, 0.25) is 0 Å². The van der Waals surface area contributed by atoms with Crippen LogP contribution in [0.25, 0.3) is 0 Å². The van der Waals surface area contributed by atoms with Crippen molar-refractivity contribution < 1.29 is 23.5 Å². The molecule has 0 aromatic heterocycles. The summed E-state index contributed by atoms with van der Waals surface area (Å²) in [6, 6.07) is 14.0. The second kappa shape index (κ2) is 9.93. The SMILES string of the molecule is CC(C)NC(=O)C1COC2(CCN(C(=O)Cc3ccccc3)CC2)N1C(=O)c1ccc(F)cc1. The summed E-state index contributed by atoms with van der Waals surface area (Å²) in [6.45, 7) is 4.61. The van der Waals surface area contributed by atoms with Gasteiger partial charge < -0.3 is 15.0 Å². The molecule has 0 aliphatic carbocycles. The maximum absolute atomic E-state index is 13.6. The number of piperidine rings is 1. The molecule has 2 saturated heterocycles. The average Bonchev–Trinajstić information content (AvgIpc) is 3.18. The van der Waals surface area contributed by atoms with Gasteiger partial charge in [0, 0.05) is 37.5 Å². The number of nitrogens with one attached hydrogen (secondary N) is 1. The monoisotopic (exact) mass is 467 g/mol. The molecule has 1 atom stereocenters. The third kappa shape index (κ3) is 4.97. The van der Waals surface area contributed by atoms with Gasteiger partial charge in [-0.1, -0.05) is 30.3 Å². The maximum Gasteiger partial charge on any atom is 0.256 e. The van der Waals surface area contributed by atoms with E-state index in [1.165, 1.54) is 29.2 Å². The zero-order valence-corrected chi connectivity index (χ0v) is 19.5. The molecule has 4 rings (SSSR count). The van der Waals surface area contributed by atoms with E-state index in [0.29, 0.717) is 32.4 Å². The van der Waals surface area contributed by atoms with Crippen molar-refractivity contribution in [2.24, 2.45) is 0 Å². The van der Waals surface area contributed by atoms with Crippen LogP contribution in [0.1, 0.15) is 42.6 Å². The van der Waals surface area contributed by atoms with Gasteiger partial charge in [0.25, 0.3) is 5.91 Å². The molecule has 2 aromatic rings. The Balaban J connectivity index is 1.53. The molecule has 2 aliphatic rings. The first-order chi connectivity index (χ1) is 16.3. The Kier molecular flexibility index (Phi) is 6.97. The molecule has 1 spiro atoms. The molecule has 0 bridgehead atoms. The Labute approximate surface area is 198 Å². The van der Waals surface area contributed by atoms with Crippen molar-refractivity contribution in [2.75, 3.05) is 19.7 Å². The number of rotatable bonds is 5. The molecule has 0 radical (unpaired) electrons. The lowest BCUT2D eigenvalue weighted by Gasteiger charge is -2.44. The van der Waals surface area contributed by atoms with Crippen molar-refractivity contribution in [1.29, 1.82) is 0 Å². The Bertz CT molecular complexity index is 1030. The zero-order valence-electron chi connectivity index (χ0n) is 19.5. The molecule has 180 valence electrons. The van der Waals surface area contributed by atoms with Crippen LogP contribution in [0.5, 0.6) is 0 Å². The van der Waals surface area contributed by atoms with Crippen LogP contribution in [0.15, 0.2) is 54.6 Å². The number of ether oxygens (including phenoxy) is 1. The number of amides is 3. The van der Waals surface area contributed by atoms with E-state index >= 15 is 0 Å². The van der Waals surface area contributed by atoms with Crippen LogP contribution in [-0.4, -0.2) is 65.0 Å². The maximum atomic E-state index is 13.6. The highest BCUT2D eigenvalue weighted by molar-refractivity contribution is 5.98. The summed E-state index contributed by atoms with van der Waals surface area (Å²) in [5.74, 6) is -1.09. The highest BCUT2D eigenvalue weighted by atomic mass is 19.1. The van der Waals surface area contributed by atoms with E-state index in [1.54, 1.807) is 4.90 Å². The van der Waals surface area contributed by atoms with Gasteiger partial charge in [0.15, 0.2) is 0 Å². The molecule has 2 aliphatic heterocycles. The van der Waals surface area contributed by atoms with E-state index in [4.69, 9.17) is 4.74 Å². The number of carbonyl (C=O) groups excluding carboxylic acids is 3. The standard InChI is InChI=1S/C26H30FN3O4/c1-18(2)28-24(32)22-17-34-26(30(22)25(33)20-8-10-21(27)11-9-20)12-14-29(15-13-26)23(31)16-19-6-4-3-5-7-19/h3-11,18,22H,12-17H2,1-2H3,(H,28,32). The van der Waals surface area contributed by atoms with Crippen molar-refractivity contribution in [1.82, 2.24) is 15.1 Å². The molecule has 1 unspecified atom stereocenters. The number of hydrogen-bond donors (Lipinski definition) is 1. The summed E-state index contributed by atoms with van der Waals surface area (Å²) in [6.07, 6.45) is 1.10. The Morgan fingerprint density at radius 1 is 1.06 bits per heavy atom. The summed E-state index contributed by atoms with van der Waals surface area (Å²) in [5.41, 5.74) is 0.244. The molecule has 1 N–H and O–H groups in total. The lowest BCUT2D eigenvalue weighted by molar-refractivity contribution is -0.143. The summed E-state index contributed by atoms with van der Waals surface area (Å²) in [7, 11) is 0. The van der Waals surface area contributed by atoms with E-state index in [9.17, 15) is 18.8 Å². The highest BCUT2D eigenvalue weighted by Crippen LogP contribution is 2.38. The van der Waals surface area contributed by atoms with Gasteiger partial charge in [-0.2, -0.15) is 0 Å².